The number of hydrogen-bond donors (Lipinski definition) is 2. The van der Waals surface area contributed by atoms with E-state index in [1.807, 2.05) is 13.8 Å². The second-order valence-corrected chi connectivity index (χ2v) is 3.16. The molecule has 2 N–H and O–H groups in total. The van der Waals surface area contributed by atoms with Gasteiger partial charge in [0.25, 0.3) is 0 Å². The van der Waals surface area contributed by atoms with E-state index in [-0.39, 0.29) is 30.3 Å². The summed E-state index contributed by atoms with van der Waals surface area (Å²) in [6.45, 7) is 4.27. The molecule has 1 fully saturated rings. The first-order valence-corrected chi connectivity index (χ1v) is 4.22. The van der Waals surface area contributed by atoms with Gasteiger partial charge in [-0.15, -0.1) is 0 Å². The van der Waals surface area contributed by atoms with Crippen LogP contribution < -0.4 is 10.6 Å². The van der Waals surface area contributed by atoms with E-state index in [4.69, 9.17) is 0 Å². The van der Waals surface area contributed by atoms with E-state index in [1.54, 1.807) is 0 Å². The van der Waals surface area contributed by atoms with Crippen LogP contribution in [0.5, 0.6) is 0 Å². The van der Waals surface area contributed by atoms with Crippen molar-refractivity contribution in [1.82, 2.24) is 10.6 Å². The van der Waals surface area contributed by atoms with E-state index >= 15 is 0 Å². The highest BCUT2D eigenvalue weighted by molar-refractivity contribution is 6.01. The molecule has 0 radical (unpaired) electrons. The summed E-state index contributed by atoms with van der Waals surface area (Å²) in [6, 6.07) is -0.201. The van der Waals surface area contributed by atoms with Gasteiger partial charge in [0.15, 0.2) is 0 Å². The molecule has 1 aliphatic rings. The van der Waals surface area contributed by atoms with Gasteiger partial charge in [-0.2, -0.15) is 0 Å². The Kier molecular flexibility index (Phi) is 2.81. The summed E-state index contributed by atoms with van der Waals surface area (Å²) in [7, 11) is 0. The molecule has 2 amide bonds. The average Bonchev–Trinajstić information content (AvgIpc) is 2.03. The zero-order valence-electron chi connectivity index (χ0n) is 7.39. The molecule has 0 bridgehead atoms. The Hall–Kier alpha value is -0.900. The summed E-state index contributed by atoms with van der Waals surface area (Å²) in [5, 5.41) is 5.21. The van der Waals surface area contributed by atoms with Gasteiger partial charge < -0.3 is 0 Å². The summed E-state index contributed by atoms with van der Waals surface area (Å²) < 4.78 is 0. The van der Waals surface area contributed by atoms with Crippen molar-refractivity contribution in [3.05, 3.63) is 0 Å². The fraction of sp³-hybridized carbons (Fsp3) is 0.750. The molecule has 2 atom stereocenters. The Morgan fingerprint density at radius 3 is 2.75 bits per heavy atom. The van der Waals surface area contributed by atoms with Crippen LogP contribution in [0.2, 0.25) is 0 Å². The first kappa shape index (κ1) is 9.19. The number of rotatable bonds is 2. The van der Waals surface area contributed by atoms with Crippen LogP contribution in [0.3, 0.4) is 0 Å². The van der Waals surface area contributed by atoms with E-state index in [0.717, 1.165) is 6.42 Å². The molecular weight excluding hydrogens is 156 g/mol. The van der Waals surface area contributed by atoms with Crippen molar-refractivity contribution in [2.24, 2.45) is 5.92 Å². The second-order valence-electron chi connectivity index (χ2n) is 3.16. The first-order chi connectivity index (χ1) is 5.65. The summed E-state index contributed by atoms with van der Waals surface area (Å²) in [5.41, 5.74) is 0. The molecule has 0 aromatic carbocycles. The van der Waals surface area contributed by atoms with Crippen LogP contribution in [0, 0.1) is 5.92 Å². The lowest BCUT2D eigenvalue weighted by Crippen LogP contribution is -2.58. The largest absolute Gasteiger partial charge is 0.297 e. The molecule has 1 rings (SSSR count). The molecule has 0 aromatic rings. The Morgan fingerprint density at radius 2 is 2.25 bits per heavy atom. The molecule has 12 heavy (non-hydrogen) atoms. The maximum Gasteiger partial charge on any atom is 0.244 e. The zero-order chi connectivity index (χ0) is 9.14. The lowest BCUT2D eigenvalue weighted by molar-refractivity contribution is -0.135. The maximum atomic E-state index is 11.2. The minimum Gasteiger partial charge on any atom is -0.297 e. The van der Waals surface area contributed by atoms with Gasteiger partial charge in [-0.05, 0) is 5.92 Å². The smallest absolute Gasteiger partial charge is 0.244 e. The molecule has 0 aromatic heterocycles. The summed E-state index contributed by atoms with van der Waals surface area (Å²) in [5.74, 6) is -0.154. The van der Waals surface area contributed by atoms with Gasteiger partial charge in [-0.25, -0.2) is 0 Å². The first-order valence-electron chi connectivity index (χ1n) is 4.22. The summed E-state index contributed by atoms with van der Waals surface area (Å²) in [4.78, 5) is 21.9. The highest BCUT2D eigenvalue weighted by Gasteiger charge is 2.29. The molecule has 1 heterocycles. The van der Waals surface area contributed by atoms with E-state index in [9.17, 15) is 9.59 Å². The maximum absolute atomic E-state index is 11.2. The van der Waals surface area contributed by atoms with Crippen LogP contribution >= 0.6 is 0 Å². The quantitative estimate of drug-likeness (QED) is 0.557. The van der Waals surface area contributed by atoms with Crippen LogP contribution in [0.1, 0.15) is 20.3 Å². The summed E-state index contributed by atoms with van der Waals surface area (Å²) in [6.07, 6.45) is 0.930. The Morgan fingerprint density at radius 1 is 1.58 bits per heavy atom. The normalized spacial score (nSPS) is 26.7. The van der Waals surface area contributed by atoms with Crippen LogP contribution in [0.25, 0.3) is 0 Å². The number of carbonyl (C=O) groups excluding carboxylic acids is 2. The molecule has 0 aliphatic carbocycles. The van der Waals surface area contributed by atoms with Crippen molar-refractivity contribution in [3.63, 3.8) is 0 Å². The standard InChI is InChI=1S/C8H14N2O2/c1-3-5(2)7-8(12)10-6(11)4-9-7/h5,7,9H,3-4H2,1-2H3,(H,10,11,12). The van der Waals surface area contributed by atoms with Crippen molar-refractivity contribution in [2.45, 2.75) is 26.3 Å². The third-order valence-corrected chi connectivity index (χ3v) is 2.24. The minimum atomic E-state index is -0.237. The van der Waals surface area contributed by atoms with Crippen molar-refractivity contribution in [3.8, 4) is 0 Å². The third-order valence-electron chi connectivity index (χ3n) is 2.24. The second kappa shape index (κ2) is 3.67. The fourth-order valence-corrected chi connectivity index (χ4v) is 1.25. The highest BCUT2D eigenvalue weighted by Crippen LogP contribution is 2.08. The van der Waals surface area contributed by atoms with Gasteiger partial charge in [0.05, 0.1) is 12.6 Å². The molecule has 0 spiro atoms. The topological polar surface area (TPSA) is 58.2 Å². The van der Waals surface area contributed by atoms with Gasteiger partial charge in [0.2, 0.25) is 11.8 Å². The number of carbonyl (C=O) groups is 2. The minimum absolute atomic E-state index is 0.194. The van der Waals surface area contributed by atoms with Gasteiger partial charge in [0, 0.05) is 0 Å². The Labute approximate surface area is 71.7 Å². The van der Waals surface area contributed by atoms with Gasteiger partial charge >= 0.3 is 0 Å². The van der Waals surface area contributed by atoms with Gasteiger partial charge in [-0.3, -0.25) is 20.2 Å². The fourth-order valence-electron chi connectivity index (χ4n) is 1.25. The van der Waals surface area contributed by atoms with Crippen LogP contribution in [-0.2, 0) is 9.59 Å². The number of amides is 2. The van der Waals surface area contributed by atoms with Crippen molar-refractivity contribution >= 4 is 11.8 Å². The van der Waals surface area contributed by atoms with E-state index in [1.165, 1.54) is 0 Å². The molecular formula is C8H14N2O2. The molecule has 4 nitrogen and oxygen atoms in total. The number of hydrogen-bond acceptors (Lipinski definition) is 3. The predicted octanol–water partition coefficient (Wildman–Crippen LogP) is -0.353. The molecule has 68 valence electrons. The molecule has 1 saturated heterocycles. The highest BCUT2D eigenvalue weighted by atomic mass is 16.2. The third kappa shape index (κ3) is 1.82. The van der Waals surface area contributed by atoms with Crippen LogP contribution in [0.4, 0.5) is 0 Å². The van der Waals surface area contributed by atoms with Crippen molar-refractivity contribution in [1.29, 1.82) is 0 Å². The Balaban J connectivity index is 2.56. The van der Waals surface area contributed by atoms with Crippen molar-refractivity contribution in [2.75, 3.05) is 6.54 Å². The summed E-state index contributed by atoms with van der Waals surface area (Å²) >= 11 is 0. The lowest BCUT2D eigenvalue weighted by atomic mass is 9.97. The molecule has 2 unspecified atom stereocenters. The SMILES string of the molecule is CCC(C)C1NCC(=O)NC1=O. The lowest BCUT2D eigenvalue weighted by Gasteiger charge is -2.26. The van der Waals surface area contributed by atoms with Gasteiger partial charge in [-0.1, -0.05) is 20.3 Å². The van der Waals surface area contributed by atoms with Crippen LogP contribution in [0.15, 0.2) is 0 Å². The number of piperazine rings is 1. The van der Waals surface area contributed by atoms with Crippen molar-refractivity contribution < 1.29 is 9.59 Å². The predicted molar refractivity (Wildman–Crippen MR) is 44.4 cm³/mol. The Bertz CT molecular complexity index is 203. The van der Waals surface area contributed by atoms with Gasteiger partial charge in [0.1, 0.15) is 0 Å². The zero-order valence-corrected chi connectivity index (χ0v) is 7.39. The number of imide groups is 1. The molecule has 1 aliphatic heterocycles. The molecule has 4 heteroatoms. The average molecular weight is 170 g/mol. The number of nitrogens with one attached hydrogen (secondary N) is 2. The van der Waals surface area contributed by atoms with E-state index in [2.05, 4.69) is 10.6 Å². The van der Waals surface area contributed by atoms with Crippen LogP contribution in [-0.4, -0.2) is 24.4 Å². The van der Waals surface area contributed by atoms with E-state index in [0.29, 0.717) is 0 Å². The monoisotopic (exact) mass is 170 g/mol. The van der Waals surface area contributed by atoms with E-state index < -0.39 is 0 Å². The molecule has 0 saturated carbocycles.